The van der Waals surface area contributed by atoms with Crippen LogP contribution >= 0.6 is 22.9 Å². The number of hydrogen-bond acceptors (Lipinski definition) is 3. The average Bonchev–Trinajstić information content (AvgIpc) is 2.29. The maximum absolute atomic E-state index is 10.2. The summed E-state index contributed by atoms with van der Waals surface area (Å²) in [4.78, 5) is 4.85. The topological polar surface area (TPSA) is 36.4 Å². The van der Waals surface area contributed by atoms with Crippen molar-refractivity contribution >= 4 is 22.9 Å². The van der Waals surface area contributed by atoms with Crippen LogP contribution in [-0.4, -0.2) is 19.7 Å². The number of fused-ring (bicyclic) bond motifs is 2. The fraction of sp³-hybridized carbons (Fsp3) is 0.643. The van der Waals surface area contributed by atoms with Crippen LogP contribution in [0.4, 0.5) is 0 Å². The smallest absolute Gasteiger partial charge is 0.0943 e. The molecule has 3 nitrogen and oxygen atoms in total. The number of rotatable bonds is 0. The molecular formula is C14H19IN2O. The quantitative estimate of drug-likeness (QED) is 0.572. The molecule has 1 unspecified atom stereocenters. The van der Waals surface area contributed by atoms with Crippen molar-refractivity contribution in [2.45, 2.75) is 51.2 Å². The highest BCUT2D eigenvalue weighted by Crippen LogP contribution is 2.30. The fourth-order valence-corrected chi connectivity index (χ4v) is 3.67. The van der Waals surface area contributed by atoms with E-state index in [1.807, 2.05) is 0 Å². The number of hydrogen-bond donors (Lipinski definition) is 1. The second-order valence-corrected chi connectivity index (χ2v) is 6.73. The van der Waals surface area contributed by atoms with Gasteiger partial charge in [0.05, 0.1) is 18.3 Å². The number of aryl methyl sites for hydroxylation is 2. The first-order valence-electron chi connectivity index (χ1n) is 6.84. The Labute approximate surface area is 122 Å². The molecule has 1 aromatic heterocycles. The van der Waals surface area contributed by atoms with Gasteiger partial charge in [-0.1, -0.05) is 12.8 Å². The summed E-state index contributed by atoms with van der Waals surface area (Å²) in [6.07, 6.45) is 7.07. The van der Waals surface area contributed by atoms with Gasteiger partial charge in [-0.15, -0.1) is 0 Å². The van der Waals surface area contributed by atoms with E-state index in [0.717, 1.165) is 30.6 Å². The van der Waals surface area contributed by atoms with Crippen molar-refractivity contribution in [1.82, 2.24) is 8.10 Å². The minimum atomic E-state index is -0.367. The second-order valence-electron chi connectivity index (χ2n) is 5.36. The molecule has 0 saturated carbocycles. The average molecular weight is 358 g/mol. The van der Waals surface area contributed by atoms with Crippen LogP contribution in [0.15, 0.2) is 6.07 Å². The third-order valence-corrected chi connectivity index (χ3v) is 4.70. The lowest BCUT2D eigenvalue weighted by Gasteiger charge is -2.28. The summed E-state index contributed by atoms with van der Waals surface area (Å²) in [5.74, 6) is 0. The molecule has 0 bridgehead atoms. The highest BCUT2D eigenvalue weighted by molar-refractivity contribution is 14.1. The predicted octanol–water partition coefficient (Wildman–Crippen LogP) is 2.94. The summed E-state index contributed by atoms with van der Waals surface area (Å²) in [7, 11) is 0. The zero-order chi connectivity index (χ0) is 12.5. The minimum absolute atomic E-state index is 0.367. The van der Waals surface area contributed by atoms with E-state index in [1.165, 1.54) is 36.9 Å². The van der Waals surface area contributed by atoms with Crippen molar-refractivity contribution in [3.8, 4) is 0 Å². The van der Waals surface area contributed by atoms with Crippen molar-refractivity contribution in [2.24, 2.45) is 0 Å². The van der Waals surface area contributed by atoms with Crippen LogP contribution in [0.5, 0.6) is 0 Å². The van der Waals surface area contributed by atoms with Gasteiger partial charge < -0.3 is 5.11 Å². The Morgan fingerprint density at radius 2 is 1.94 bits per heavy atom. The largest absolute Gasteiger partial charge is 0.387 e. The van der Waals surface area contributed by atoms with E-state index in [0.29, 0.717) is 6.54 Å². The molecule has 1 atom stereocenters. The van der Waals surface area contributed by atoms with Crippen LogP contribution in [0.25, 0.3) is 0 Å². The van der Waals surface area contributed by atoms with Crippen molar-refractivity contribution in [1.29, 1.82) is 0 Å². The Balaban J connectivity index is 1.99. The van der Waals surface area contributed by atoms with E-state index in [-0.39, 0.29) is 6.10 Å². The summed E-state index contributed by atoms with van der Waals surface area (Å²) in [6, 6.07) is 2.23. The van der Waals surface area contributed by atoms with E-state index < -0.39 is 0 Å². The summed E-state index contributed by atoms with van der Waals surface area (Å²) < 4.78 is 2.12. The zero-order valence-corrected chi connectivity index (χ0v) is 12.7. The molecule has 0 radical (unpaired) electrons. The van der Waals surface area contributed by atoms with Gasteiger partial charge >= 0.3 is 0 Å². The molecule has 98 valence electrons. The molecule has 3 rings (SSSR count). The molecule has 0 aromatic carbocycles. The molecule has 0 saturated heterocycles. The van der Waals surface area contributed by atoms with Crippen LogP contribution in [0.1, 0.15) is 54.3 Å². The summed E-state index contributed by atoms with van der Waals surface area (Å²) in [6.45, 7) is 1.58. The maximum Gasteiger partial charge on any atom is 0.0943 e. The Morgan fingerprint density at radius 3 is 2.78 bits per heavy atom. The number of β-amino-alcohol motifs (C(OH)–C–C–N with tert-alkyl or cyclic N) is 1. The van der Waals surface area contributed by atoms with Gasteiger partial charge in [0.15, 0.2) is 0 Å². The molecule has 1 aliphatic heterocycles. The van der Waals surface area contributed by atoms with E-state index in [9.17, 15) is 5.11 Å². The standard InChI is InChI=1S/C14H19IN2O/c15-17-8-13-11(14(18)9-17)7-10-5-3-1-2-4-6-12(10)16-13/h7,14,18H,1-6,8-9H2. The van der Waals surface area contributed by atoms with E-state index in [2.05, 4.69) is 32.0 Å². The van der Waals surface area contributed by atoms with Gasteiger partial charge in [0.2, 0.25) is 0 Å². The van der Waals surface area contributed by atoms with Gasteiger partial charge in [-0.3, -0.25) is 4.98 Å². The lowest BCUT2D eigenvalue weighted by molar-refractivity contribution is 0.141. The first-order chi connectivity index (χ1) is 8.74. The van der Waals surface area contributed by atoms with Gasteiger partial charge in [0.25, 0.3) is 0 Å². The van der Waals surface area contributed by atoms with Gasteiger partial charge in [-0.25, -0.2) is 3.11 Å². The molecule has 1 aliphatic carbocycles. The predicted molar refractivity (Wildman–Crippen MR) is 79.5 cm³/mol. The molecule has 18 heavy (non-hydrogen) atoms. The molecule has 1 aromatic rings. The maximum atomic E-state index is 10.2. The molecule has 2 heterocycles. The van der Waals surface area contributed by atoms with Crippen LogP contribution in [0, 0.1) is 0 Å². The third-order valence-electron chi connectivity index (χ3n) is 3.96. The van der Waals surface area contributed by atoms with Crippen molar-refractivity contribution in [3.05, 3.63) is 28.6 Å². The number of halogens is 1. The van der Waals surface area contributed by atoms with Crippen LogP contribution in [-0.2, 0) is 19.4 Å². The highest BCUT2D eigenvalue weighted by atomic mass is 127. The number of nitrogens with zero attached hydrogens (tertiary/aromatic N) is 2. The van der Waals surface area contributed by atoms with Crippen molar-refractivity contribution in [2.75, 3.05) is 6.54 Å². The molecule has 2 aliphatic rings. The Kier molecular flexibility index (Phi) is 3.86. The normalized spacial score (nSPS) is 24.9. The number of pyridine rings is 1. The number of aliphatic hydroxyl groups excluding tert-OH is 1. The summed E-state index contributed by atoms with van der Waals surface area (Å²) >= 11 is 2.27. The van der Waals surface area contributed by atoms with Crippen molar-refractivity contribution in [3.63, 3.8) is 0 Å². The van der Waals surface area contributed by atoms with Gasteiger partial charge in [0.1, 0.15) is 0 Å². The van der Waals surface area contributed by atoms with Gasteiger partial charge in [-0.05, 0) is 37.3 Å². The molecule has 0 spiro atoms. The van der Waals surface area contributed by atoms with E-state index >= 15 is 0 Å². The molecule has 0 amide bonds. The van der Waals surface area contributed by atoms with Gasteiger partial charge in [-0.2, -0.15) is 0 Å². The lowest BCUT2D eigenvalue weighted by Crippen LogP contribution is -2.28. The molecular weight excluding hydrogens is 339 g/mol. The highest BCUT2D eigenvalue weighted by Gasteiger charge is 2.25. The number of aromatic nitrogens is 1. The molecule has 0 fully saturated rings. The minimum Gasteiger partial charge on any atom is -0.387 e. The Morgan fingerprint density at radius 1 is 1.17 bits per heavy atom. The zero-order valence-electron chi connectivity index (χ0n) is 10.5. The third kappa shape index (κ3) is 2.56. The first-order valence-corrected chi connectivity index (χ1v) is 7.81. The van der Waals surface area contributed by atoms with Gasteiger partial charge in [0, 0.05) is 40.7 Å². The molecule has 1 N–H and O–H groups in total. The SMILES string of the molecule is OC1CN(I)Cc2nc3c(cc21)CCCCCC3. The Hall–Kier alpha value is -0.200. The summed E-state index contributed by atoms with van der Waals surface area (Å²) in [5.41, 5.74) is 4.83. The molecule has 4 heteroatoms. The Bertz CT molecular complexity index is 450. The monoisotopic (exact) mass is 358 g/mol. The first kappa shape index (κ1) is 12.8. The summed E-state index contributed by atoms with van der Waals surface area (Å²) in [5, 5.41) is 10.2. The van der Waals surface area contributed by atoms with Crippen molar-refractivity contribution < 1.29 is 5.11 Å². The number of aliphatic hydroxyl groups is 1. The second kappa shape index (κ2) is 5.43. The van der Waals surface area contributed by atoms with Crippen LogP contribution in [0.2, 0.25) is 0 Å². The van der Waals surface area contributed by atoms with Crippen LogP contribution in [0.3, 0.4) is 0 Å². The van der Waals surface area contributed by atoms with Crippen LogP contribution < -0.4 is 0 Å². The lowest BCUT2D eigenvalue weighted by atomic mass is 9.93. The van der Waals surface area contributed by atoms with E-state index in [1.54, 1.807) is 0 Å². The van der Waals surface area contributed by atoms with E-state index in [4.69, 9.17) is 4.98 Å². The fourth-order valence-electron chi connectivity index (χ4n) is 2.98.